The van der Waals surface area contributed by atoms with Crippen LogP contribution < -0.4 is 5.32 Å². The van der Waals surface area contributed by atoms with Gasteiger partial charge in [0.05, 0.1) is 28.3 Å². The molecule has 0 aliphatic heterocycles. The quantitative estimate of drug-likeness (QED) is 0.303. The number of carbonyl (C=O) groups is 1. The van der Waals surface area contributed by atoms with Crippen LogP contribution in [0.3, 0.4) is 0 Å². The lowest BCUT2D eigenvalue weighted by Gasteiger charge is -2.42. The fourth-order valence-electron chi connectivity index (χ4n) is 7.33. The van der Waals surface area contributed by atoms with E-state index in [0.717, 1.165) is 18.5 Å². The van der Waals surface area contributed by atoms with Crippen LogP contribution in [0.5, 0.6) is 0 Å². The number of halogens is 2. The number of aromatic nitrogens is 3. The minimum atomic E-state index is -1.15. The predicted molar refractivity (Wildman–Crippen MR) is 160 cm³/mol. The van der Waals surface area contributed by atoms with Crippen molar-refractivity contribution >= 4 is 23.2 Å². The second-order valence-electron chi connectivity index (χ2n) is 13.2. The van der Waals surface area contributed by atoms with Gasteiger partial charge in [-0.3, -0.25) is 9.78 Å². The molecule has 0 radical (unpaired) electrons. The van der Waals surface area contributed by atoms with Gasteiger partial charge < -0.3 is 25.2 Å². The van der Waals surface area contributed by atoms with Crippen LogP contribution in [0.15, 0.2) is 42.9 Å². The standard InChI is InChI=1S/C33H36ClFN4O4/c1-31(2,41)24-5-4-10-36-29(24)33(43)14-19(15-33)8-9-32(42)16-21-11-20(12-22(21)17-32)27-28(39(3)18-37-27)30(40)38-23-6-7-26(35)25(34)13-23/h4-7,10,13,18-22,41-43H,11-12,14-17H2,1-3H3,(H,38,40). The summed E-state index contributed by atoms with van der Waals surface area (Å²) in [6.07, 6.45) is 6.78. The summed E-state index contributed by atoms with van der Waals surface area (Å²) >= 11 is 5.88. The Morgan fingerprint density at radius 1 is 1.14 bits per heavy atom. The van der Waals surface area contributed by atoms with Crippen LogP contribution in [0.4, 0.5) is 10.1 Å². The largest absolute Gasteiger partial charge is 0.386 e. The third-order valence-corrected chi connectivity index (χ3v) is 9.66. The van der Waals surface area contributed by atoms with E-state index in [-0.39, 0.29) is 34.6 Å². The molecule has 2 aromatic heterocycles. The SMILES string of the molecule is Cn1cnc(C2CC3CC(O)(C#CC4CC(O)(c5ncccc5C(C)(C)O)C4)CC3C2)c1C(=O)Nc1ccc(F)c(Cl)c1. The highest BCUT2D eigenvalue weighted by Gasteiger charge is 2.50. The molecule has 1 amide bonds. The molecule has 3 aliphatic rings. The molecule has 226 valence electrons. The van der Waals surface area contributed by atoms with Gasteiger partial charge in [-0.1, -0.05) is 29.5 Å². The van der Waals surface area contributed by atoms with Crippen LogP contribution >= 0.6 is 11.6 Å². The summed E-state index contributed by atoms with van der Waals surface area (Å²) in [6, 6.07) is 7.59. The molecule has 4 N–H and O–H groups in total. The molecule has 3 aromatic rings. The number of aliphatic hydroxyl groups is 3. The molecule has 2 unspecified atom stereocenters. The van der Waals surface area contributed by atoms with Crippen LogP contribution in [0, 0.1) is 35.4 Å². The lowest BCUT2D eigenvalue weighted by Crippen LogP contribution is -2.43. The normalized spacial score (nSPS) is 29.9. The number of carbonyl (C=O) groups excluding carboxylic acids is 1. The molecule has 2 atom stereocenters. The van der Waals surface area contributed by atoms with E-state index in [1.807, 2.05) is 0 Å². The molecule has 3 aliphatic carbocycles. The number of benzene rings is 1. The van der Waals surface area contributed by atoms with Gasteiger partial charge in [0.2, 0.25) is 0 Å². The van der Waals surface area contributed by atoms with Gasteiger partial charge >= 0.3 is 0 Å². The van der Waals surface area contributed by atoms with Crippen LogP contribution in [-0.2, 0) is 18.2 Å². The molecule has 8 nitrogen and oxygen atoms in total. The Kier molecular flexibility index (Phi) is 7.41. The number of fused-ring (bicyclic) bond motifs is 1. The van der Waals surface area contributed by atoms with E-state index < -0.39 is 22.6 Å². The number of anilines is 1. The Morgan fingerprint density at radius 3 is 2.49 bits per heavy atom. The fourth-order valence-corrected chi connectivity index (χ4v) is 7.51. The van der Waals surface area contributed by atoms with Crippen molar-refractivity contribution < 1.29 is 24.5 Å². The van der Waals surface area contributed by atoms with Gasteiger partial charge in [0.1, 0.15) is 22.7 Å². The van der Waals surface area contributed by atoms with E-state index in [4.69, 9.17) is 11.6 Å². The van der Waals surface area contributed by atoms with Gasteiger partial charge in [0.15, 0.2) is 0 Å². The lowest BCUT2D eigenvalue weighted by molar-refractivity contribution is -0.0701. The number of rotatable bonds is 5. The molecule has 0 bridgehead atoms. The van der Waals surface area contributed by atoms with Gasteiger partial charge in [-0.05, 0) is 88.5 Å². The monoisotopic (exact) mass is 606 g/mol. The summed E-state index contributed by atoms with van der Waals surface area (Å²) in [6.45, 7) is 3.36. The smallest absolute Gasteiger partial charge is 0.274 e. The molecule has 6 rings (SSSR count). The molecule has 2 heterocycles. The summed E-state index contributed by atoms with van der Waals surface area (Å²) in [4.78, 5) is 22.2. The van der Waals surface area contributed by atoms with Gasteiger partial charge in [-0.15, -0.1) is 0 Å². The minimum absolute atomic E-state index is 0.0653. The zero-order valence-electron chi connectivity index (χ0n) is 24.4. The van der Waals surface area contributed by atoms with Crippen LogP contribution in [0.2, 0.25) is 5.02 Å². The van der Waals surface area contributed by atoms with E-state index in [0.29, 0.717) is 48.3 Å². The van der Waals surface area contributed by atoms with Crippen molar-refractivity contribution in [2.45, 2.75) is 75.1 Å². The number of aryl methyl sites for hydroxylation is 1. The highest BCUT2D eigenvalue weighted by atomic mass is 35.5. The number of amides is 1. The molecule has 43 heavy (non-hydrogen) atoms. The highest BCUT2D eigenvalue weighted by molar-refractivity contribution is 6.31. The summed E-state index contributed by atoms with van der Waals surface area (Å²) in [5.74, 6) is 6.03. The van der Waals surface area contributed by atoms with Crippen LogP contribution in [0.1, 0.15) is 85.7 Å². The third-order valence-electron chi connectivity index (χ3n) is 9.37. The number of imidazole rings is 1. The number of nitrogens with zero attached hydrogens (tertiary/aromatic N) is 3. The molecule has 10 heteroatoms. The Labute approximate surface area is 255 Å². The first-order valence-electron chi connectivity index (χ1n) is 14.7. The Hall–Kier alpha value is -3.29. The van der Waals surface area contributed by atoms with E-state index in [1.165, 1.54) is 18.2 Å². The molecule has 1 aromatic carbocycles. The van der Waals surface area contributed by atoms with Crippen LogP contribution in [-0.4, -0.2) is 41.4 Å². The van der Waals surface area contributed by atoms with E-state index in [9.17, 15) is 24.5 Å². The average Bonchev–Trinajstić information content (AvgIpc) is 3.58. The van der Waals surface area contributed by atoms with Gasteiger partial charge in [0.25, 0.3) is 5.91 Å². The van der Waals surface area contributed by atoms with Crippen molar-refractivity contribution in [3.05, 3.63) is 76.3 Å². The Balaban J connectivity index is 1.09. The average molecular weight is 607 g/mol. The predicted octanol–water partition coefficient (Wildman–Crippen LogP) is 5.02. The number of hydrogen-bond acceptors (Lipinski definition) is 6. The van der Waals surface area contributed by atoms with E-state index in [1.54, 1.807) is 50.1 Å². The van der Waals surface area contributed by atoms with E-state index in [2.05, 4.69) is 27.1 Å². The topological polar surface area (TPSA) is 120 Å². The first kappa shape index (κ1) is 29.8. The fraction of sp³-hybridized carbons (Fsp3) is 0.485. The van der Waals surface area contributed by atoms with E-state index >= 15 is 0 Å². The summed E-state index contributed by atoms with van der Waals surface area (Å²) < 4.78 is 15.3. The molecule has 0 spiro atoms. The van der Waals surface area contributed by atoms with Gasteiger partial charge in [-0.2, -0.15) is 0 Å². The van der Waals surface area contributed by atoms with Crippen molar-refractivity contribution in [1.82, 2.24) is 14.5 Å². The maximum atomic E-state index is 13.6. The number of pyridine rings is 1. The highest BCUT2D eigenvalue weighted by Crippen LogP contribution is 2.54. The molecule has 3 saturated carbocycles. The zero-order chi connectivity index (χ0) is 30.7. The lowest BCUT2D eigenvalue weighted by atomic mass is 9.67. The minimum Gasteiger partial charge on any atom is -0.386 e. The first-order valence-corrected chi connectivity index (χ1v) is 15.1. The summed E-state index contributed by atoms with van der Waals surface area (Å²) in [5, 5.41) is 35.9. The van der Waals surface area contributed by atoms with Gasteiger partial charge in [0, 0.05) is 36.3 Å². The van der Waals surface area contributed by atoms with Crippen molar-refractivity contribution in [3.8, 4) is 11.8 Å². The van der Waals surface area contributed by atoms with Crippen molar-refractivity contribution in [3.63, 3.8) is 0 Å². The molecular formula is C33H36ClFN4O4. The zero-order valence-corrected chi connectivity index (χ0v) is 25.2. The first-order chi connectivity index (χ1) is 20.2. The second-order valence-corrected chi connectivity index (χ2v) is 13.6. The molecular weight excluding hydrogens is 571 g/mol. The third kappa shape index (κ3) is 5.69. The summed E-state index contributed by atoms with van der Waals surface area (Å²) in [5.41, 5.74) is -0.667. The Bertz CT molecular complexity index is 1620. The van der Waals surface area contributed by atoms with Gasteiger partial charge in [-0.25, -0.2) is 9.37 Å². The molecule has 3 fully saturated rings. The number of nitrogens with one attached hydrogen (secondary N) is 1. The number of hydrogen-bond donors (Lipinski definition) is 4. The van der Waals surface area contributed by atoms with Crippen LogP contribution in [0.25, 0.3) is 0 Å². The van der Waals surface area contributed by atoms with Crippen molar-refractivity contribution in [2.75, 3.05) is 5.32 Å². The summed E-state index contributed by atoms with van der Waals surface area (Å²) in [7, 11) is 1.77. The Morgan fingerprint density at radius 2 is 1.84 bits per heavy atom. The second kappa shape index (κ2) is 10.7. The maximum Gasteiger partial charge on any atom is 0.274 e. The van der Waals surface area contributed by atoms with Crippen molar-refractivity contribution in [1.29, 1.82) is 0 Å². The molecule has 0 saturated heterocycles. The maximum absolute atomic E-state index is 13.6. The van der Waals surface area contributed by atoms with Crippen molar-refractivity contribution in [2.24, 2.45) is 24.8 Å².